The van der Waals surface area contributed by atoms with Crippen molar-refractivity contribution < 1.29 is 13.6 Å². The molecule has 1 aliphatic heterocycles. The molecule has 1 saturated heterocycles. The molecule has 0 saturated carbocycles. The summed E-state index contributed by atoms with van der Waals surface area (Å²) in [7, 11) is -3.57. The van der Waals surface area contributed by atoms with Gasteiger partial charge in [-0.25, -0.2) is 8.42 Å². The van der Waals surface area contributed by atoms with Gasteiger partial charge in [0.1, 0.15) is 5.84 Å². The highest BCUT2D eigenvalue weighted by Crippen LogP contribution is 2.28. The highest BCUT2D eigenvalue weighted by Gasteiger charge is 2.32. The monoisotopic (exact) mass is 361 g/mol. The van der Waals surface area contributed by atoms with E-state index >= 15 is 0 Å². The zero-order chi connectivity index (χ0) is 14.8. The van der Waals surface area contributed by atoms with Gasteiger partial charge < -0.3 is 10.9 Å². The maximum absolute atomic E-state index is 12.6. The van der Waals surface area contributed by atoms with Gasteiger partial charge in [-0.05, 0) is 40.9 Å². The quantitative estimate of drug-likeness (QED) is 0.369. The van der Waals surface area contributed by atoms with Crippen molar-refractivity contribution in [3.63, 3.8) is 0 Å². The van der Waals surface area contributed by atoms with E-state index in [1.165, 1.54) is 4.31 Å². The molecular formula is C12H16BrN3O3S. The minimum atomic E-state index is -3.57. The summed E-state index contributed by atoms with van der Waals surface area (Å²) in [5.41, 5.74) is 5.59. The molecule has 6 nitrogen and oxygen atoms in total. The van der Waals surface area contributed by atoms with Crippen LogP contribution in [0.5, 0.6) is 0 Å². The van der Waals surface area contributed by atoms with Crippen molar-refractivity contribution in [2.75, 3.05) is 13.1 Å². The van der Waals surface area contributed by atoms with Crippen LogP contribution in [0, 0.1) is 5.92 Å². The molecule has 2 rings (SSSR count). The number of rotatable bonds is 3. The Balaban J connectivity index is 2.29. The van der Waals surface area contributed by atoms with Gasteiger partial charge >= 0.3 is 0 Å². The number of benzene rings is 1. The summed E-state index contributed by atoms with van der Waals surface area (Å²) in [6.07, 6.45) is 1.41. The van der Waals surface area contributed by atoms with E-state index in [0.717, 1.165) is 6.42 Å². The number of amidine groups is 1. The first-order valence-corrected chi connectivity index (χ1v) is 8.42. The molecule has 0 bridgehead atoms. The van der Waals surface area contributed by atoms with E-state index in [1.807, 2.05) is 0 Å². The Morgan fingerprint density at radius 3 is 2.80 bits per heavy atom. The third-order valence-corrected chi connectivity index (χ3v) is 6.25. The number of oxime groups is 1. The maximum atomic E-state index is 12.6. The van der Waals surface area contributed by atoms with E-state index in [4.69, 9.17) is 10.9 Å². The first-order valence-electron chi connectivity index (χ1n) is 6.19. The van der Waals surface area contributed by atoms with Gasteiger partial charge in [-0.2, -0.15) is 4.31 Å². The van der Waals surface area contributed by atoms with Crippen LogP contribution in [0.25, 0.3) is 0 Å². The predicted molar refractivity (Wildman–Crippen MR) is 79.0 cm³/mol. The summed E-state index contributed by atoms with van der Waals surface area (Å²) in [5, 5.41) is 11.7. The van der Waals surface area contributed by atoms with E-state index in [-0.39, 0.29) is 23.2 Å². The molecular weight excluding hydrogens is 346 g/mol. The van der Waals surface area contributed by atoms with Gasteiger partial charge in [0, 0.05) is 23.5 Å². The largest absolute Gasteiger partial charge is 0.409 e. The Bertz CT molecular complexity index is 618. The lowest BCUT2D eigenvalue weighted by Crippen LogP contribution is -2.44. The molecule has 1 aromatic carbocycles. The fourth-order valence-electron chi connectivity index (χ4n) is 2.28. The Morgan fingerprint density at radius 1 is 1.45 bits per heavy atom. The molecule has 0 aliphatic carbocycles. The van der Waals surface area contributed by atoms with Gasteiger partial charge in [0.05, 0.1) is 4.90 Å². The van der Waals surface area contributed by atoms with Crippen LogP contribution in [0.3, 0.4) is 0 Å². The van der Waals surface area contributed by atoms with Crippen molar-refractivity contribution in [3.05, 3.63) is 28.7 Å². The van der Waals surface area contributed by atoms with Gasteiger partial charge in [0.15, 0.2) is 0 Å². The molecule has 1 unspecified atom stereocenters. The van der Waals surface area contributed by atoms with E-state index in [9.17, 15) is 8.42 Å². The SMILES string of the molecule is NC(=NO)C1CCCN(S(=O)(=O)c2ccccc2Br)C1. The summed E-state index contributed by atoms with van der Waals surface area (Å²) in [4.78, 5) is 0.236. The fraction of sp³-hybridized carbons (Fsp3) is 0.417. The van der Waals surface area contributed by atoms with Gasteiger partial charge in [-0.1, -0.05) is 17.3 Å². The molecule has 0 amide bonds. The molecule has 110 valence electrons. The summed E-state index contributed by atoms with van der Waals surface area (Å²) in [5.74, 6) is -0.164. The van der Waals surface area contributed by atoms with Gasteiger partial charge in [0.2, 0.25) is 10.0 Å². The number of nitrogens with two attached hydrogens (primary N) is 1. The molecule has 1 heterocycles. The normalized spacial score (nSPS) is 21.9. The van der Waals surface area contributed by atoms with Gasteiger partial charge in [-0.15, -0.1) is 0 Å². The Kier molecular flexibility index (Phi) is 4.66. The molecule has 20 heavy (non-hydrogen) atoms. The van der Waals surface area contributed by atoms with E-state index in [2.05, 4.69) is 21.1 Å². The first-order chi connectivity index (χ1) is 9.46. The van der Waals surface area contributed by atoms with Crippen LogP contribution in [-0.4, -0.2) is 36.9 Å². The van der Waals surface area contributed by atoms with E-state index < -0.39 is 10.0 Å². The highest BCUT2D eigenvalue weighted by molar-refractivity contribution is 9.10. The molecule has 1 aliphatic rings. The highest BCUT2D eigenvalue weighted by atomic mass is 79.9. The summed E-state index contributed by atoms with van der Waals surface area (Å²) in [6, 6.07) is 6.70. The summed E-state index contributed by atoms with van der Waals surface area (Å²) < 4.78 is 27.2. The van der Waals surface area contributed by atoms with Crippen molar-refractivity contribution in [2.45, 2.75) is 17.7 Å². The molecule has 0 spiro atoms. The van der Waals surface area contributed by atoms with E-state index in [0.29, 0.717) is 17.4 Å². The predicted octanol–water partition coefficient (Wildman–Crippen LogP) is 1.60. The maximum Gasteiger partial charge on any atom is 0.244 e. The van der Waals surface area contributed by atoms with Crippen LogP contribution >= 0.6 is 15.9 Å². The Labute approximate surface area is 126 Å². The second kappa shape index (κ2) is 6.11. The summed E-state index contributed by atoms with van der Waals surface area (Å²) in [6.45, 7) is 0.679. The van der Waals surface area contributed by atoms with Crippen molar-refractivity contribution in [1.82, 2.24) is 4.31 Å². The third kappa shape index (κ3) is 2.97. The topological polar surface area (TPSA) is 96.0 Å². The van der Waals surface area contributed by atoms with Crippen LogP contribution < -0.4 is 5.73 Å². The van der Waals surface area contributed by atoms with Gasteiger partial charge in [0.25, 0.3) is 0 Å². The number of hydrogen-bond donors (Lipinski definition) is 2. The molecule has 8 heteroatoms. The molecule has 1 aromatic rings. The minimum Gasteiger partial charge on any atom is -0.409 e. The van der Waals surface area contributed by atoms with E-state index in [1.54, 1.807) is 24.3 Å². The van der Waals surface area contributed by atoms with Crippen LogP contribution in [-0.2, 0) is 10.0 Å². The van der Waals surface area contributed by atoms with Crippen LogP contribution in [0.1, 0.15) is 12.8 Å². The molecule has 1 fully saturated rings. The smallest absolute Gasteiger partial charge is 0.244 e. The van der Waals surface area contributed by atoms with Crippen molar-refractivity contribution in [3.8, 4) is 0 Å². The lowest BCUT2D eigenvalue weighted by molar-refractivity contribution is 0.287. The van der Waals surface area contributed by atoms with Crippen molar-refractivity contribution in [1.29, 1.82) is 0 Å². The molecule has 1 atom stereocenters. The van der Waals surface area contributed by atoms with Crippen molar-refractivity contribution >= 4 is 31.8 Å². The van der Waals surface area contributed by atoms with Crippen LogP contribution in [0.15, 0.2) is 38.8 Å². The molecule has 0 aromatic heterocycles. The van der Waals surface area contributed by atoms with Crippen LogP contribution in [0.4, 0.5) is 0 Å². The number of piperidine rings is 1. The van der Waals surface area contributed by atoms with Gasteiger partial charge in [-0.3, -0.25) is 0 Å². The third-order valence-electron chi connectivity index (χ3n) is 3.37. The average Bonchev–Trinajstić information content (AvgIpc) is 2.47. The van der Waals surface area contributed by atoms with Crippen LogP contribution in [0.2, 0.25) is 0 Å². The molecule has 3 N–H and O–H groups in total. The second-order valence-electron chi connectivity index (χ2n) is 4.66. The lowest BCUT2D eigenvalue weighted by Gasteiger charge is -2.31. The zero-order valence-electron chi connectivity index (χ0n) is 10.7. The lowest BCUT2D eigenvalue weighted by atomic mass is 9.99. The standard InChI is InChI=1S/C12H16BrN3O3S/c13-10-5-1-2-6-11(10)20(18,19)16-7-3-4-9(8-16)12(14)15-17/h1-2,5-6,9,17H,3-4,7-8H2,(H2,14,15). The summed E-state index contributed by atoms with van der Waals surface area (Å²) >= 11 is 3.26. The average molecular weight is 362 g/mol. The second-order valence-corrected chi connectivity index (χ2v) is 7.42. The zero-order valence-corrected chi connectivity index (χ0v) is 13.1. The first kappa shape index (κ1) is 15.3. The number of nitrogens with zero attached hydrogens (tertiary/aromatic N) is 2. The number of sulfonamides is 1. The Morgan fingerprint density at radius 2 is 2.15 bits per heavy atom. The Hall–Kier alpha value is -1.12. The number of hydrogen-bond acceptors (Lipinski definition) is 4. The molecule has 0 radical (unpaired) electrons. The van der Waals surface area contributed by atoms with Crippen molar-refractivity contribution in [2.24, 2.45) is 16.8 Å². The minimum absolute atomic E-state index is 0.0806. The fourth-order valence-corrected chi connectivity index (χ4v) is 4.76. The number of halogens is 1.